The van der Waals surface area contributed by atoms with Gasteiger partial charge in [-0.25, -0.2) is 0 Å². The van der Waals surface area contributed by atoms with E-state index in [4.69, 9.17) is 4.74 Å². The topological polar surface area (TPSA) is 29.5 Å². The maximum Gasteiger partial charge on any atom is 0.260 e. The van der Waals surface area contributed by atoms with Gasteiger partial charge in [0.15, 0.2) is 6.73 Å². The standard InChI is InChI=1S/C12H15NO2/c1-12(2,3)13-8-15-10-7-5-4-6-9(10)11(13)14/h4-7H,8H2,1-3H3. The summed E-state index contributed by atoms with van der Waals surface area (Å²) in [5, 5.41) is 0. The van der Waals surface area contributed by atoms with Gasteiger partial charge in [0, 0.05) is 5.54 Å². The third kappa shape index (κ3) is 1.69. The third-order valence-electron chi connectivity index (χ3n) is 2.52. The van der Waals surface area contributed by atoms with Crippen LogP contribution >= 0.6 is 0 Å². The Labute approximate surface area is 89.7 Å². The van der Waals surface area contributed by atoms with Crippen LogP contribution in [-0.2, 0) is 0 Å². The van der Waals surface area contributed by atoms with Crippen LogP contribution in [0.3, 0.4) is 0 Å². The van der Waals surface area contributed by atoms with Gasteiger partial charge in [0.05, 0.1) is 5.56 Å². The highest BCUT2D eigenvalue weighted by molar-refractivity contribution is 5.98. The molecule has 1 aromatic carbocycles. The quantitative estimate of drug-likeness (QED) is 0.650. The lowest BCUT2D eigenvalue weighted by atomic mass is 10.0. The molecular weight excluding hydrogens is 190 g/mol. The van der Waals surface area contributed by atoms with E-state index in [2.05, 4.69) is 0 Å². The SMILES string of the molecule is CC(C)(C)N1COc2ccccc2C1=O. The minimum Gasteiger partial charge on any atom is -0.472 e. The lowest BCUT2D eigenvalue weighted by molar-refractivity contribution is 0.0231. The predicted octanol–water partition coefficient (Wildman–Crippen LogP) is 2.28. The van der Waals surface area contributed by atoms with Crippen LogP contribution in [0, 0.1) is 0 Å². The molecule has 0 atom stereocenters. The molecule has 0 spiro atoms. The number of hydrogen-bond acceptors (Lipinski definition) is 2. The van der Waals surface area contributed by atoms with Crippen LogP contribution in [0.5, 0.6) is 5.75 Å². The highest BCUT2D eigenvalue weighted by atomic mass is 16.5. The zero-order chi connectivity index (χ0) is 11.1. The summed E-state index contributed by atoms with van der Waals surface area (Å²) >= 11 is 0. The van der Waals surface area contributed by atoms with Gasteiger partial charge < -0.3 is 9.64 Å². The van der Waals surface area contributed by atoms with E-state index in [-0.39, 0.29) is 11.4 Å². The minimum absolute atomic E-state index is 0.0457. The van der Waals surface area contributed by atoms with Crippen molar-refractivity contribution in [2.75, 3.05) is 6.73 Å². The lowest BCUT2D eigenvalue weighted by Crippen LogP contribution is -2.49. The number of ether oxygens (including phenoxy) is 1. The summed E-state index contributed by atoms with van der Waals surface area (Å²) in [7, 11) is 0. The second-order valence-electron chi connectivity index (χ2n) is 4.67. The van der Waals surface area contributed by atoms with Crippen LogP contribution < -0.4 is 4.74 Å². The van der Waals surface area contributed by atoms with Crippen LogP contribution in [0.4, 0.5) is 0 Å². The van der Waals surface area contributed by atoms with E-state index < -0.39 is 0 Å². The Morgan fingerprint density at radius 2 is 1.93 bits per heavy atom. The highest BCUT2D eigenvalue weighted by Crippen LogP contribution is 2.28. The Bertz CT molecular complexity index is 393. The van der Waals surface area contributed by atoms with E-state index in [1.54, 1.807) is 11.0 Å². The van der Waals surface area contributed by atoms with E-state index in [0.717, 1.165) is 0 Å². The van der Waals surface area contributed by atoms with Crippen molar-refractivity contribution in [1.82, 2.24) is 4.90 Å². The molecule has 1 aromatic rings. The van der Waals surface area contributed by atoms with Gasteiger partial charge >= 0.3 is 0 Å². The van der Waals surface area contributed by atoms with E-state index in [0.29, 0.717) is 18.0 Å². The van der Waals surface area contributed by atoms with E-state index in [9.17, 15) is 4.79 Å². The fourth-order valence-electron chi connectivity index (χ4n) is 1.61. The minimum atomic E-state index is -0.204. The first-order valence-corrected chi connectivity index (χ1v) is 5.04. The number of fused-ring (bicyclic) bond motifs is 1. The molecule has 1 aliphatic rings. The van der Waals surface area contributed by atoms with Crippen LogP contribution in [0.2, 0.25) is 0 Å². The van der Waals surface area contributed by atoms with Crippen molar-refractivity contribution in [2.24, 2.45) is 0 Å². The average Bonchev–Trinajstić information content (AvgIpc) is 2.16. The molecule has 2 rings (SSSR count). The first-order valence-electron chi connectivity index (χ1n) is 5.04. The van der Waals surface area contributed by atoms with Crippen molar-refractivity contribution in [2.45, 2.75) is 26.3 Å². The third-order valence-corrected chi connectivity index (χ3v) is 2.52. The molecule has 0 N–H and O–H groups in total. The molecule has 80 valence electrons. The number of carbonyl (C=O) groups is 1. The van der Waals surface area contributed by atoms with E-state index >= 15 is 0 Å². The molecule has 1 amide bonds. The van der Waals surface area contributed by atoms with Gasteiger partial charge in [0.25, 0.3) is 5.91 Å². The van der Waals surface area contributed by atoms with Gasteiger partial charge in [0.2, 0.25) is 0 Å². The number of hydrogen-bond donors (Lipinski definition) is 0. The molecule has 3 nitrogen and oxygen atoms in total. The number of carbonyl (C=O) groups excluding carboxylic acids is 1. The Balaban J connectivity index is 2.38. The fraction of sp³-hybridized carbons (Fsp3) is 0.417. The van der Waals surface area contributed by atoms with Crippen LogP contribution in [0.1, 0.15) is 31.1 Å². The average molecular weight is 205 g/mol. The first kappa shape index (κ1) is 10.0. The number of rotatable bonds is 0. The first-order chi connectivity index (χ1) is 7.00. The van der Waals surface area contributed by atoms with Crippen LogP contribution in [-0.4, -0.2) is 23.1 Å². The maximum absolute atomic E-state index is 12.1. The zero-order valence-corrected chi connectivity index (χ0v) is 9.28. The van der Waals surface area contributed by atoms with Crippen LogP contribution in [0.15, 0.2) is 24.3 Å². The molecule has 0 unspecified atom stereocenters. The second kappa shape index (κ2) is 3.26. The number of benzene rings is 1. The molecule has 1 aliphatic heterocycles. The molecule has 0 radical (unpaired) electrons. The Morgan fingerprint density at radius 1 is 1.27 bits per heavy atom. The molecule has 0 aliphatic carbocycles. The predicted molar refractivity (Wildman–Crippen MR) is 57.9 cm³/mol. The summed E-state index contributed by atoms with van der Waals surface area (Å²) in [6.45, 7) is 6.34. The highest BCUT2D eigenvalue weighted by Gasteiger charge is 2.32. The van der Waals surface area contributed by atoms with Crippen molar-refractivity contribution >= 4 is 5.91 Å². The molecule has 0 bridgehead atoms. The molecular formula is C12H15NO2. The van der Waals surface area contributed by atoms with Gasteiger partial charge in [-0.1, -0.05) is 12.1 Å². The maximum atomic E-state index is 12.1. The summed E-state index contributed by atoms with van der Waals surface area (Å²) < 4.78 is 5.54. The second-order valence-corrected chi connectivity index (χ2v) is 4.67. The molecule has 0 aromatic heterocycles. The molecule has 0 saturated heterocycles. The fourth-order valence-corrected chi connectivity index (χ4v) is 1.61. The molecule has 3 heteroatoms. The van der Waals surface area contributed by atoms with E-state index in [1.165, 1.54) is 0 Å². The van der Waals surface area contributed by atoms with Crippen molar-refractivity contribution in [1.29, 1.82) is 0 Å². The molecule has 15 heavy (non-hydrogen) atoms. The lowest BCUT2D eigenvalue weighted by Gasteiger charge is -2.38. The number of para-hydroxylation sites is 1. The van der Waals surface area contributed by atoms with Gasteiger partial charge in [-0.3, -0.25) is 4.79 Å². The summed E-state index contributed by atoms with van der Waals surface area (Å²) in [6, 6.07) is 7.36. The summed E-state index contributed by atoms with van der Waals surface area (Å²) in [6.07, 6.45) is 0. The van der Waals surface area contributed by atoms with Gasteiger partial charge in [0.1, 0.15) is 5.75 Å². The van der Waals surface area contributed by atoms with Crippen molar-refractivity contribution in [3.8, 4) is 5.75 Å². The number of nitrogens with zero attached hydrogens (tertiary/aromatic N) is 1. The monoisotopic (exact) mass is 205 g/mol. The number of amides is 1. The largest absolute Gasteiger partial charge is 0.472 e. The van der Waals surface area contributed by atoms with Crippen LogP contribution in [0.25, 0.3) is 0 Å². The van der Waals surface area contributed by atoms with E-state index in [1.807, 2.05) is 39.0 Å². The van der Waals surface area contributed by atoms with Gasteiger partial charge in [-0.05, 0) is 32.9 Å². The van der Waals surface area contributed by atoms with Crippen molar-refractivity contribution in [3.63, 3.8) is 0 Å². The smallest absolute Gasteiger partial charge is 0.260 e. The Hall–Kier alpha value is -1.51. The van der Waals surface area contributed by atoms with Crippen molar-refractivity contribution < 1.29 is 9.53 Å². The van der Waals surface area contributed by atoms with Gasteiger partial charge in [-0.15, -0.1) is 0 Å². The molecule has 1 heterocycles. The van der Waals surface area contributed by atoms with Crippen molar-refractivity contribution in [3.05, 3.63) is 29.8 Å². The normalized spacial score (nSPS) is 15.9. The Morgan fingerprint density at radius 3 is 2.60 bits per heavy atom. The molecule has 0 saturated carbocycles. The Kier molecular flexibility index (Phi) is 2.18. The zero-order valence-electron chi connectivity index (χ0n) is 9.28. The summed E-state index contributed by atoms with van der Waals surface area (Å²) in [4.78, 5) is 13.8. The molecule has 0 fully saturated rings. The van der Waals surface area contributed by atoms with Gasteiger partial charge in [-0.2, -0.15) is 0 Å². The summed E-state index contributed by atoms with van der Waals surface area (Å²) in [5.74, 6) is 0.729. The summed E-state index contributed by atoms with van der Waals surface area (Å²) in [5.41, 5.74) is 0.448.